The van der Waals surface area contributed by atoms with E-state index in [9.17, 15) is 0 Å². The standard InChI is InChI=1S/C13H19BrClN/c1-3-4-9(2)7-13(16)11-6-5-10(15)8-12(11)14/h5-6,8-9,13H,3-4,7,16H2,1-2H3. The van der Waals surface area contributed by atoms with E-state index >= 15 is 0 Å². The lowest BCUT2D eigenvalue weighted by Crippen LogP contribution is -2.14. The van der Waals surface area contributed by atoms with Crippen LogP contribution in [0.3, 0.4) is 0 Å². The van der Waals surface area contributed by atoms with Gasteiger partial charge in [0.15, 0.2) is 0 Å². The van der Waals surface area contributed by atoms with Crippen LogP contribution in [0.1, 0.15) is 44.7 Å². The van der Waals surface area contributed by atoms with E-state index in [-0.39, 0.29) is 6.04 Å². The summed E-state index contributed by atoms with van der Waals surface area (Å²) in [5.74, 6) is 0.669. The molecule has 3 heteroatoms. The third-order valence-corrected chi connectivity index (χ3v) is 3.72. The summed E-state index contributed by atoms with van der Waals surface area (Å²) >= 11 is 9.42. The highest BCUT2D eigenvalue weighted by Crippen LogP contribution is 2.29. The van der Waals surface area contributed by atoms with Crippen LogP contribution in [0.2, 0.25) is 5.02 Å². The van der Waals surface area contributed by atoms with Gasteiger partial charge in [0.1, 0.15) is 0 Å². The van der Waals surface area contributed by atoms with Crippen LogP contribution in [0, 0.1) is 5.92 Å². The minimum Gasteiger partial charge on any atom is -0.324 e. The number of rotatable bonds is 5. The third-order valence-electron chi connectivity index (χ3n) is 2.80. The van der Waals surface area contributed by atoms with Gasteiger partial charge in [0, 0.05) is 15.5 Å². The molecule has 0 aromatic heterocycles. The molecule has 2 N–H and O–H groups in total. The zero-order valence-corrected chi connectivity index (χ0v) is 12.2. The number of hydrogen-bond donors (Lipinski definition) is 1. The highest BCUT2D eigenvalue weighted by molar-refractivity contribution is 9.10. The normalized spacial score (nSPS) is 14.8. The molecule has 0 aliphatic heterocycles. The van der Waals surface area contributed by atoms with Gasteiger partial charge < -0.3 is 5.73 Å². The summed E-state index contributed by atoms with van der Waals surface area (Å²) in [5, 5.41) is 0.740. The van der Waals surface area contributed by atoms with Crippen molar-refractivity contribution >= 4 is 27.5 Å². The fourth-order valence-electron chi connectivity index (χ4n) is 1.97. The molecule has 2 unspecified atom stereocenters. The molecule has 1 aromatic carbocycles. The van der Waals surface area contributed by atoms with Crippen molar-refractivity contribution in [3.05, 3.63) is 33.3 Å². The fourth-order valence-corrected chi connectivity index (χ4v) is 2.95. The van der Waals surface area contributed by atoms with Gasteiger partial charge in [-0.1, -0.05) is 60.3 Å². The van der Waals surface area contributed by atoms with E-state index in [1.54, 1.807) is 0 Å². The predicted octanol–water partition coefficient (Wildman–Crippen LogP) is 4.93. The van der Waals surface area contributed by atoms with Crippen LogP contribution < -0.4 is 5.73 Å². The molecule has 0 aliphatic carbocycles. The molecule has 16 heavy (non-hydrogen) atoms. The topological polar surface area (TPSA) is 26.0 Å². The zero-order chi connectivity index (χ0) is 12.1. The molecule has 1 rings (SSSR count). The summed E-state index contributed by atoms with van der Waals surface area (Å²) in [6, 6.07) is 5.90. The molecule has 0 heterocycles. The molecule has 0 radical (unpaired) electrons. The highest BCUT2D eigenvalue weighted by Gasteiger charge is 2.13. The Balaban J connectivity index is 2.69. The summed E-state index contributed by atoms with van der Waals surface area (Å²) in [6.45, 7) is 4.47. The number of nitrogens with two attached hydrogens (primary N) is 1. The van der Waals surface area contributed by atoms with Crippen molar-refractivity contribution in [2.45, 2.75) is 39.2 Å². The molecule has 0 aliphatic rings. The van der Waals surface area contributed by atoms with E-state index in [1.165, 1.54) is 12.8 Å². The molecule has 0 fully saturated rings. The largest absolute Gasteiger partial charge is 0.324 e. The quantitative estimate of drug-likeness (QED) is 0.820. The Hall–Kier alpha value is -0.0500. The molecule has 1 aromatic rings. The molecular weight excluding hydrogens is 286 g/mol. The number of hydrogen-bond acceptors (Lipinski definition) is 1. The molecule has 2 atom stereocenters. The van der Waals surface area contributed by atoms with Gasteiger partial charge in [-0.2, -0.15) is 0 Å². The maximum Gasteiger partial charge on any atom is 0.0417 e. The Labute approximate surface area is 111 Å². The Morgan fingerprint density at radius 1 is 1.44 bits per heavy atom. The average molecular weight is 305 g/mol. The van der Waals surface area contributed by atoms with Gasteiger partial charge in [0.2, 0.25) is 0 Å². The zero-order valence-electron chi connectivity index (χ0n) is 9.84. The van der Waals surface area contributed by atoms with Crippen LogP contribution in [0.25, 0.3) is 0 Å². The fraction of sp³-hybridized carbons (Fsp3) is 0.538. The summed E-state index contributed by atoms with van der Waals surface area (Å²) in [6.07, 6.45) is 3.47. The van der Waals surface area contributed by atoms with E-state index < -0.39 is 0 Å². The van der Waals surface area contributed by atoms with Crippen molar-refractivity contribution < 1.29 is 0 Å². The summed E-state index contributed by atoms with van der Waals surface area (Å²) < 4.78 is 1.01. The van der Waals surface area contributed by atoms with E-state index in [0.717, 1.165) is 21.5 Å². The highest BCUT2D eigenvalue weighted by atomic mass is 79.9. The maximum absolute atomic E-state index is 6.20. The predicted molar refractivity (Wildman–Crippen MR) is 74.8 cm³/mol. The molecule has 0 spiro atoms. The molecule has 1 nitrogen and oxygen atoms in total. The summed E-state index contributed by atoms with van der Waals surface area (Å²) in [4.78, 5) is 0. The molecule has 0 bridgehead atoms. The van der Waals surface area contributed by atoms with Gasteiger partial charge in [0.05, 0.1) is 0 Å². The van der Waals surface area contributed by atoms with Crippen LogP contribution in [0.15, 0.2) is 22.7 Å². The van der Waals surface area contributed by atoms with Crippen molar-refractivity contribution in [2.24, 2.45) is 11.7 Å². The van der Waals surface area contributed by atoms with Gasteiger partial charge in [-0.25, -0.2) is 0 Å². The van der Waals surface area contributed by atoms with Gasteiger partial charge >= 0.3 is 0 Å². The second kappa shape index (κ2) is 6.63. The smallest absolute Gasteiger partial charge is 0.0417 e. The maximum atomic E-state index is 6.20. The lowest BCUT2D eigenvalue weighted by molar-refractivity contribution is 0.440. The van der Waals surface area contributed by atoms with E-state index in [0.29, 0.717) is 5.92 Å². The second-order valence-electron chi connectivity index (χ2n) is 4.40. The first kappa shape index (κ1) is 14.0. The minimum absolute atomic E-state index is 0.0909. The van der Waals surface area contributed by atoms with Crippen molar-refractivity contribution in [3.8, 4) is 0 Å². The van der Waals surface area contributed by atoms with Crippen LogP contribution in [-0.4, -0.2) is 0 Å². The van der Waals surface area contributed by atoms with Crippen LogP contribution >= 0.6 is 27.5 Å². The first-order valence-electron chi connectivity index (χ1n) is 5.75. The van der Waals surface area contributed by atoms with Gasteiger partial charge in [-0.15, -0.1) is 0 Å². The Kier molecular flexibility index (Phi) is 5.81. The van der Waals surface area contributed by atoms with Crippen LogP contribution in [0.5, 0.6) is 0 Å². The molecular formula is C13H19BrClN. The van der Waals surface area contributed by atoms with Gasteiger partial charge in [-0.05, 0) is 30.0 Å². The molecule has 0 saturated heterocycles. The van der Waals surface area contributed by atoms with Crippen molar-refractivity contribution in [2.75, 3.05) is 0 Å². The number of benzene rings is 1. The minimum atomic E-state index is 0.0909. The van der Waals surface area contributed by atoms with Crippen molar-refractivity contribution in [3.63, 3.8) is 0 Å². The van der Waals surface area contributed by atoms with E-state index in [2.05, 4.69) is 29.8 Å². The SMILES string of the molecule is CCCC(C)CC(N)c1ccc(Cl)cc1Br. The van der Waals surface area contributed by atoms with Crippen molar-refractivity contribution in [1.29, 1.82) is 0 Å². The third kappa shape index (κ3) is 4.08. The van der Waals surface area contributed by atoms with Gasteiger partial charge in [-0.3, -0.25) is 0 Å². The first-order chi connectivity index (χ1) is 7.54. The molecule has 0 amide bonds. The van der Waals surface area contributed by atoms with Gasteiger partial charge in [0.25, 0.3) is 0 Å². The van der Waals surface area contributed by atoms with Crippen molar-refractivity contribution in [1.82, 2.24) is 0 Å². The molecule has 90 valence electrons. The average Bonchev–Trinajstić information content (AvgIpc) is 2.17. The van der Waals surface area contributed by atoms with E-state index in [1.807, 2.05) is 18.2 Å². The Morgan fingerprint density at radius 3 is 2.69 bits per heavy atom. The van der Waals surface area contributed by atoms with Crippen LogP contribution in [-0.2, 0) is 0 Å². The summed E-state index contributed by atoms with van der Waals surface area (Å²) in [7, 11) is 0. The second-order valence-corrected chi connectivity index (χ2v) is 5.69. The van der Waals surface area contributed by atoms with Crippen LogP contribution in [0.4, 0.5) is 0 Å². The summed E-state index contributed by atoms with van der Waals surface area (Å²) in [5.41, 5.74) is 7.35. The van der Waals surface area contributed by atoms with E-state index in [4.69, 9.17) is 17.3 Å². The first-order valence-corrected chi connectivity index (χ1v) is 6.92. The monoisotopic (exact) mass is 303 g/mol. The Morgan fingerprint density at radius 2 is 2.12 bits per heavy atom. The molecule has 0 saturated carbocycles. The Bertz CT molecular complexity index is 341. The number of halogens is 2. The lowest BCUT2D eigenvalue weighted by Gasteiger charge is -2.18. The lowest BCUT2D eigenvalue weighted by atomic mass is 9.94.